The Kier molecular flexibility index (Phi) is 12.6. The summed E-state index contributed by atoms with van der Waals surface area (Å²) < 4.78 is 6.60. The predicted molar refractivity (Wildman–Crippen MR) is 224 cm³/mol. The lowest BCUT2D eigenvalue weighted by Crippen LogP contribution is -2.42. The van der Waals surface area contributed by atoms with Crippen LogP contribution in [-0.2, 0) is 12.8 Å². The van der Waals surface area contributed by atoms with Gasteiger partial charge >= 0.3 is 0 Å². The van der Waals surface area contributed by atoms with Crippen molar-refractivity contribution in [2.45, 2.75) is 131 Å². The van der Waals surface area contributed by atoms with Crippen molar-refractivity contribution in [3.63, 3.8) is 0 Å². The van der Waals surface area contributed by atoms with Gasteiger partial charge < -0.3 is 15.0 Å². The maximum atomic E-state index is 13.8. The molecule has 0 bridgehead atoms. The van der Waals surface area contributed by atoms with Crippen LogP contribution in [0.5, 0.6) is 5.75 Å². The number of thiazole rings is 1. The lowest BCUT2D eigenvalue weighted by atomic mass is 9.66. The first-order valence-electron chi connectivity index (χ1n) is 20.4. The first-order valence-corrected chi connectivity index (χ1v) is 21.3. The van der Waals surface area contributed by atoms with Crippen molar-refractivity contribution in [3.05, 3.63) is 93.0 Å². The van der Waals surface area contributed by atoms with Gasteiger partial charge in [-0.1, -0.05) is 78.7 Å². The molecular weight excluding hydrogens is 687 g/mol. The normalized spacial score (nSPS) is 17.6. The summed E-state index contributed by atoms with van der Waals surface area (Å²) in [5.41, 5.74) is 6.75. The first kappa shape index (κ1) is 40.1. The highest BCUT2D eigenvalue weighted by molar-refractivity contribution is 7.10. The minimum absolute atomic E-state index is 0.00793. The molecule has 2 fully saturated rings. The highest BCUT2D eigenvalue weighted by atomic mass is 32.1. The summed E-state index contributed by atoms with van der Waals surface area (Å²) in [5, 5.41) is 7.69. The molecule has 290 valence electrons. The van der Waals surface area contributed by atoms with E-state index >= 15 is 0 Å². The zero-order valence-corrected chi connectivity index (χ0v) is 35.0. The molecule has 1 saturated carbocycles. The number of aryl methyl sites for hydroxylation is 4. The van der Waals surface area contributed by atoms with Crippen molar-refractivity contribution in [2.75, 3.05) is 20.2 Å². The van der Waals surface area contributed by atoms with E-state index in [-0.39, 0.29) is 22.7 Å². The number of hydrogen-bond acceptors (Lipinski definition) is 8. The third kappa shape index (κ3) is 8.75. The number of ketones is 1. The van der Waals surface area contributed by atoms with Gasteiger partial charge in [-0.3, -0.25) is 4.79 Å². The molecule has 1 N–H and O–H groups in total. The minimum Gasteiger partial charge on any atom is -0.493 e. The van der Waals surface area contributed by atoms with Crippen molar-refractivity contribution in [2.24, 2.45) is 16.7 Å². The van der Waals surface area contributed by atoms with E-state index in [0.717, 1.165) is 83.8 Å². The average molecular weight is 750 g/mol. The van der Waals surface area contributed by atoms with Gasteiger partial charge in [-0.25, -0.2) is 15.0 Å². The first-order chi connectivity index (χ1) is 25.8. The summed E-state index contributed by atoms with van der Waals surface area (Å²) in [6.45, 7) is 21.7. The zero-order valence-electron chi connectivity index (χ0n) is 34.2. The Balaban J connectivity index is 1.05. The summed E-state index contributed by atoms with van der Waals surface area (Å²) in [6.07, 6.45) is 12.6. The van der Waals surface area contributed by atoms with E-state index in [4.69, 9.17) is 14.7 Å². The van der Waals surface area contributed by atoms with Crippen LogP contribution in [0.15, 0.2) is 54.1 Å². The minimum atomic E-state index is -0.0737. The van der Waals surface area contributed by atoms with Crippen molar-refractivity contribution in [3.8, 4) is 5.75 Å². The van der Waals surface area contributed by atoms with Crippen molar-refractivity contribution < 1.29 is 9.53 Å². The molecule has 0 radical (unpaired) electrons. The Hall–Kier alpha value is -3.62. The van der Waals surface area contributed by atoms with Crippen LogP contribution in [0.4, 0.5) is 0 Å². The third-order valence-electron chi connectivity index (χ3n) is 12.9. The topological polar surface area (TPSA) is 80.2 Å². The molecule has 2 unspecified atom stereocenters. The quantitative estimate of drug-likeness (QED) is 0.114. The molecule has 1 aliphatic carbocycles. The monoisotopic (exact) mass is 749 g/mol. The number of nitrogens with zero attached hydrogens (tertiary/aromatic N) is 4. The zero-order chi connectivity index (χ0) is 38.6. The molecule has 2 aromatic heterocycles. The number of benzene rings is 2. The van der Waals surface area contributed by atoms with Gasteiger partial charge in [0.05, 0.1) is 18.2 Å². The molecule has 1 aliphatic heterocycles. The second-order valence-electron chi connectivity index (χ2n) is 17.2. The summed E-state index contributed by atoms with van der Waals surface area (Å²) in [4.78, 5) is 30.5. The number of likely N-dealkylation sites (tertiary alicyclic amines) is 1. The van der Waals surface area contributed by atoms with Gasteiger partial charge in [0.15, 0.2) is 0 Å². The Morgan fingerprint density at radius 1 is 1.02 bits per heavy atom. The maximum Gasteiger partial charge on any atom is 0.212 e. The third-order valence-corrected chi connectivity index (χ3v) is 13.8. The Morgan fingerprint density at radius 2 is 1.80 bits per heavy atom. The van der Waals surface area contributed by atoms with Gasteiger partial charge in [0, 0.05) is 51.8 Å². The number of carbonyl (C=O) groups excluding carboxylic acids is 1. The molecule has 0 spiro atoms. The van der Waals surface area contributed by atoms with E-state index in [2.05, 4.69) is 87.7 Å². The Bertz CT molecular complexity index is 1940. The van der Waals surface area contributed by atoms with E-state index in [1.807, 2.05) is 31.4 Å². The SMILES string of the molecule is C=C(C(NC)C1CCCCC1)N1CCCC1c1nc(C(=O)c2cccc(CCCC(C)(C)C(C)(C)COc3cc4nc(C)nc(C)c4cc3CC)c2)cs1. The standard InChI is InChI=1S/C46H63N5O2S/c1-10-34-26-37-30(2)48-32(4)49-38(37)27-41(34)53-29-46(7,8)45(5,6)23-15-18-33-17-14-21-36(25-33)43(52)39-28-54-44(50-39)40-22-16-24-51(40)31(3)42(47-9)35-19-12-11-13-20-35/h14,17,21,25-28,35,40,42,47H,3,10-13,15-16,18-20,22-24,29H2,1-2,4-9H3. The smallest absolute Gasteiger partial charge is 0.212 e. The van der Waals surface area contributed by atoms with Crippen LogP contribution in [-0.4, -0.2) is 51.9 Å². The molecule has 4 aromatic rings. The van der Waals surface area contributed by atoms with Gasteiger partial charge in [-0.05, 0) is 107 Å². The molecule has 2 atom stereocenters. The largest absolute Gasteiger partial charge is 0.493 e. The predicted octanol–water partition coefficient (Wildman–Crippen LogP) is 10.8. The Labute approximate surface area is 328 Å². The van der Waals surface area contributed by atoms with Gasteiger partial charge in [0.2, 0.25) is 5.78 Å². The number of aromatic nitrogens is 3. The lowest BCUT2D eigenvalue weighted by Gasteiger charge is -2.42. The fourth-order valence-corrected chi connectivity index (χ4v) is 9.63. The highest BCUT2D eigenvalue weighted by Gasteiger charge is 2.38. The summed E-state index contributed by atoms with van der Waals surface area (Å²) in [6, 6.07) is 13.0. The number of rotatable bonds is 16. The lowest BCUT2D eigenvalue weighted by molar-refractivity contribution is 0.0395. The number of carbonyl (C=O) groups is 1. The maximum absolute atomic E-state index is 13.8. The van der Waals surface area contributed by atoms with Crippen LogP contribution >= 0.6 is 11.3 Å². The fourth-order valence-electron chi connectivity index (χ4n) is 8.68. The van der Waals surface area contributed by atoms with Gasteiger partial charge in [-0.15, -0.1) is 11.3 Å². The summed E-state index contributed by atoms with van der Waals surface area (Å²) in [5.74, 6) is 2.35. The number of likely N-dealkylation sites (N-methyl/N-ethyl adjacent to an activating group) is 1. The van der Waals surface area contributed by atoms with Crippen LogP contribution in [0.2, 0.25) is 0 Å². The van der Waals surface area contributed by atoms with E-state index in [0.29, 0.717) is 24.3 Å². The van der Waals surface area contributed by atoms with Crippen LogP contribution in [0, 0.1) is 30.6 Å². The molecular formula is C46H63N5O2S. The van der Waals surface area contributed by atoms with Gasteiger partial charge in [0.1, 0.15) is 22.3 Å². The molecule has 54 heavy (non-hydrogen) atoms. The van der Waals surface area contributed by atoms with E-state index in [1.165, 1.54) is 48.9 Å². The molecule has 7 nitrogen and oxygen atoms in total. The van der Waals surface area contributed by atoms with Crippen molar-refractivity contribution in [1.29, 1.82) is 0 Å². The molecule has 2 aromatic carbocycles. The molecule has 0 amide bonds. The number of nitrogens with one attached hydrogen (secondary N) is 1. The highest BCUT2D eigenvalue weighted by Crippen LogP contribution is 2.44. The molecule has 8 heteroatoms. The fraction of sp³-hybridized carbons (Fsp3) is 0.565. The van der Waals surface area contributed by atoms with Crippen molar-refractivity contribution in [1.82, 2.24) is 25.2 Å². The molecule has 6 rings (SSSR count). The van der Waals surface area contributed by atoms with Gasteiger partial charge in [-0.2, -0.15) is 0 Å². The van der Waals surface area contributed by atoms with Gasteiger partial charge in [0.25, 0.3) is 0 Å². The van der Waals surface area contributed by atoms with Crippen LogP contribution in [0.1, 0.15) is 142 Å². The van der Waals surface area contributed by atoms with E-state index < -0.39 is 0 Å². The summed E-state index contributed by atoms with van der Waals surface area (Å²) >= 11 is 1.62. The average Bonchev–Trinajstić information content (AvgIpc) is 3.85. The van der Waals surface area contributed by atoms with E-state index in [1.54, 1.807) is 11.3 Å². The van der Waals surface area contributed by atoms with Crippen LogP contribution in [0.3, 0.4) is 0 Å². The van der Waals surface area contributed by atoms with Crippen LogP contribution < -0.4 is 10.1 Å². The number of hydrogen-bond donors (Lipinski definition) is 1. The molecule has 1 saturated heterocycles. The van der Waals surface area contributed by atoms with Crippen LogP contribution in [0.25, 0.3) is 10.9 Å². The van der Waals surface area contributed by atoms with E-state index in [9.17, 15) is 4.79 Å². The Morgan fingerprint density at radius 3 is 2.54 bits per heavy atom. The molecule has 2 aliphatic rings. The summed E-state index contributed by atoms with van der Waals surface area (Å²) in [7, 11) is 2.08. The number of ether oxygens (including phenoxy) is 1. The molecule has 3 heterocycles. The number of fused-ring (bicyclic) bond motifs is 1. The second-order valence-corrected chi connectivity index (χ2v) is 18.1. The van der Waals surface area contributed by atoms with Crippen molar-refractivity contribution >= 4 is 28.0 Å². The second kappa shape index (κ2) is 17.0.